The quantitative estimate of drug-likeness (QED) is 0.154. The van der Waals surface area contributed by atoms with Crippen LogP contribution in [0.4, 0.5) is 5.88 Å². The van der Waals surface area contributed by atoms with Crippen molar-refractivity contribution in [1.29, 1.82) is 0 Å². The van der Waals surface area contributed by atoms with Crippen molar-refractivity contribution in [3.63, 3.8) is 0 Å². The third-order valence-corrected chi connectivity index (χ3v) is 6.15. The van der Waals surface area contributed by atoms with E-state index in [2.05, 4.69) is 34.0 Å². The summed E-state index contributed by atoms with van der Waals surface area (Å²) in [4.78, 5) is 10.3. The van der Waals surface area contributed by atoms with Crippen LogP contribution in [0.2, 0.25) is 5.02 Å². The second-order valence-corrected chi connectivity index (χ2v) is 9.99. The molecule has 0 radical (unpaired) electrons. The number of nitro groups is 1. The van der Waals surface area contributed by atoms with E-state index < -0.39 is 4.92 Å². The van der Waals surface area contributed by atoms with Crippen molar-refractivity contribution in [1.82, 2.24) is 0 Å². The minimum absolute atomic E-state index is 0. The number of unbranched alkanes of at least 4 members (excludes halogenated alkanes) is 5. The number of ether oxygens (including phenoxy) is 1. The Morgan fingerprint density at radius 2 is 1.73 bits per heavy atom. The van der Waals surface area contributed by atoms with E-state index in [0.29, 0.717) is 18.2 Å². The molecular weight excluding hydrogens is 508 g/mol. The Balaban J connectivity index is 0.00000544. The Labute approximate surface area is 213 Å². The first-order valence-corrected chi connectivity index (χ1v) is 11.9. The van der Waals surface area contributed by atoms with Gasteiger partial charge in [0.25, 0.3) is 0 Å². The van der Waals surface area contributed by atoms with Crippen molar-refractivity contribution in [3.8, 4) is 5.75 Å². The summed E-state index contributed by atoms with van der Waals surface area (Å²) in [6.07, 6.45) is 6.96. The monoisotopic (exact) mass is 544 g/mol. The number of benzene rings is 1. The maximum Gasteiger partial charge on any atom is 0.433 e. The molecule has 0 N–H and O–H groups in total. The van der Waals surface area contributed by atoms with Gasteiger partial charge in [0.05, 0.1) is 33.3 Å². The topological polar surface area (TPSA) is 65.5 Å². The molecule has 0 aliphatic heterocycles. The number of hydrogen-bond donors (Lipinski definition) is 0. The van der Waals surface area contributed by atoms with Gasteiger partial charge in [0, 0.05) is 5.02 Å². The molecule has 8 heteroatoms. The Morgan fingerprint density at radius 3 is 2.33 bits per heavy atom. The van der Waals surface area contributed by atoms with Crippen LogP contribution in [0, 0.1) is 17.0 Å². The van der Waals surface area contributed by atoms with Crippen LogP contribution in [0.5, 0.6) is 5.75 Å². The highest BCUT2D eigenvalue weighted by Crippen LogP contribution is 2.32. The Bertz CT molecular complexity index is 883. The molecule has 6 nitrogen and oxygen atoms in total. The highest BCUT2D eigenvalue weighted by Gasteiger charge is 2.20. The van der Waals surface area contributed by atoms with Crippen molar-refractivity contribution in [2.75, 3.05) is 27.2 Å². The van der Waals surface area contributed by atoms with E-state index in [0.717, 1.165) is 53.2 Å². The van der Waals surface area contributed by atoms with Crippen molar-refractivity contribution < 1.29 is 35.5 Å². The molecule has 0 fully saturated rings. The van der Waals surface area contributed by atoms with Crippen molar-refractivity contribution in [3.05, 3.63) is 56.3 Å². The first kappa shape index (κ1) is 29.5. The van der Waals surface area contributed by atoms with Gasteiger partial charge in [-0.3, -0.25) is 10.1 Å². The molecule has 0 aliphatic rings. The van der Waals surface area contributed by atoms with Crippen LogP contribution in [0.1, 0.15) is 75.2 Å². The second-order valence-electron chi connectivity index (χ2n) is 9.58. The van der Waals surface area contributed by atoms with Crippen LogP contribution in [0.3, 0.4) is 0 Å². The standard InChI is InChI=1S/C25H38ClN2O4.BrH/c1-19(2)22-17-23(26)20(3)16-24(22)31-15-11-9-7-6-8-10-14-28(4,5)18-21-12-13-25(32-21)27(29)30;/h12-13,16-17,19H,6-11,14-15,18H2,1-5H3;1H/q+1;/p-1. The maximum absolute atomic E-state index is 10.8. The Hall–Kier alpha value is -1.57. The van der Waals surface area contributed by atoms with Gasteiger partial charge in [-0.05, 0) is 61.4 Å². The van der Waals surface area contributed by atoms with Gasteiger partial charge in [0.1, 0.15) is 17.2 Å². The van der Waals surface area contributed by atoms with Gasteiger partial charge in [-0.15, -0.1) is 0 Å². The molecular formula is C25H38BrClN2O4. The lowest BCUT2D eigenvalue weighted by Crippen LogP contribution is -3.00. The molecule has 1 aromatic carbocycles. The van der Waals surface area contributed by atoms with E-state index in [1.807, 2.05) is 13.0 Å². The largest absolute Gasteiger partial charge is 1.00 e. The van der Waals surface area contributed by atoms with Gasteiger partial charge in [-0.1, -0.05) is 44.7 Å². The van der Waals surface area contributed by atoms with Gasteiger partial charge < -0.3 is 30.6 Å². The van der Waals surface area contributed by atoms with Crippen LogP contribution in [0.15, 0.2) is 28.7 Å². The lowest BCUT2D eigenvalue weighted by molar-refractivity contribution is -0.904. The fraction of sp³-hybridized carbons (Fsp3) is 0.600. The summed E-state index contributed by atoms with van der Waals surface area (Å²) < 4.78 is 12.1. The average molecular weight is 546 g/mol. The molecule has 186 valence electrons. The fourth-order valence-electron chi connectivity index (χ4n) is 3.83. The predicted molar refractivity (Wildman–Crippen MR) is 130 cm³/mol. The molecule has 0 saturated heterocycles. The first-order valence-electron chi connectivity index (χ1n) is 11.6. The number of halogens is 2. The molecule has 33 heavy (non-hydrogen) atoms. The van der Waals surface area contributed by atoms with E-state index >= 15 is 0 Å². The number of rotatable bonds is 14. The predicted octanol–water partition coefficient (Wildman–Crippen LogP) is 4.27. The minimum atomic E-state index is -0.492. The summed E-state index contributed by atoms with van der Waals surface area (Å²) >= 11 is 6.27. The summed E-state index contributed by atoms with van der Waals surface area (Å²) in [6, 6.07) is 7.22. The number of aryl methyl sites for hydroxylation is 1. The van der Waals surface area contributed by atoms with E-state index in [-0.39, 0.29) is 22.9 Å². The zero-order valence-corrected chi connectivity index (χ0v) is 22.9. The van der Waals surface area contributed by atoms with Crippen LogP contribution in [0.25, 0.3) is 0 Å². The summed E-state index contributed by atoms with van der Waals surface area (Å²) in [5.41, 5.74) is 2.23. The third-order valence-electron chi connectivity index (χ3n) is 5.74. The second kappa shape index (κ2) is 14.0. The molecule has 0 spiro atoms. The van der Waals surface area contributed by atoms with Gasteiger partial charge in [-0.25, -0.2) is 0 Å². The summed E-state index contributed by atoms with van der Waals surface area (Å²) in [5, 5.41) is 11.6. The number of furan rings is 1. The van der Waals surface area contributed by atoms with Gasteiger partial charge in [-0.2, -0.15) is 0 Å². The number of hydrogen-bond acceptors (Lipinski definition) is 4. The third kappa shape index (κ3) is 10.1. The van der Waals surface area contributed by atoms with Gasteiger partial charge >= 0.3 is 5.88 Å². The van der Waals surface area contributed by atoms with Gasteiger partial charge in [0.15, 0.2) is 5.76 Å². The first-order chi connectivity index (χ1) is 15.1. The molecule has 1 aromatic heterocycles. The van der Waals surface area contributed by atoms with Crippen molar-refractivity contribution in [2.45, 2.75) is 71.8 Å². The van der Waals surface area contributed by atoms with Gasteiger partial charge in [0.2, 0.25) is 0 Å². The summed E-state index contributed by atoms with van der Waals surface area (Å²) in [7, 11) is 4.27. The minimum Gasteiger partial charge on any atom is -1.00 e. The maximum atomic E-state index is 10.8. The highest BCUT2D eigenvalue weighted by atomic mass is 79.9. The van der Waals surface area contributed by atoms with Crippen molar-refractivity contribution in [2.24, 2.45) is 0 Å². The Morgan fingerprint density at radius 1 is 1.09 bits per heavy atom. The molecule has 1 heterocycles. The molecule has 0 amide bonds. The van der Waals surface area contributed by atoms with Crippen LogP contribution < -0.4 is 21.7 Å². The van der Waals surface area contributed by atoms with Crippen LogP contribution in [-0.4, -0.2) is 36.7 Å². The lowest BCUT2D eigenvalue weighted by atomic mass is 10.0. The summed E-state index contributed by atoms with van der Waals surface area (Å²) in [5.74, 6) is 1.83. The molecule has 0 bridgehead atoms. The van der Waals surface area contributed by atoms with Crippen LogP contribution in [-0.2, 0) is 6.54 Å². The zero-order chi connectivity index (χ0) is 23.7. The summed E-state index contributed by atoms with van der Waals surface area (Å²) in [6.45, 7) is 8.75. The molecule has 0 unspecified atom stereocenters. The number of quaternary nitrogens is 1. The smallest absolute Gasteiger partial charge is 0.433 e. The Kier molecular flexibility index (Phi) is 12.5. The van der Waals surface area contributed by atoms with Crippen molar-refractivity contribution >= 4 is 17.5 Å². The fourth-order valence-corrected chi connectivity index (χ4v) is 4.00. The van der Waals surface area contributed by atoms with E-state index in [1.165, 1.54) is 30.9 Å². The van der Waals surface area contributed by atoms with E-state index in [4.69, 9.17) is 20.8 Å². The van der Waals surface area contributed by atoms with Crippen LogP contribution >= 0.6 is 11.6 Å². The zero-order valence-electron chi connectivity index (χ0n) is 20.5. The molecule has 2 aromatic rings. The molecule has 0 atom stereocenters. The highest BCUT2D eigenvalue weighted by molar-refractivity contribution is 6.31. The SMILES string of the molecule is Cc1cc(OCCCCCCCC[N+](C)(C)Cc2ccc([N+](=O)[O-])o2)c(C(C)C)cc1Cl.[Br-]. The van der Waals surface area contributed by atoms with E-state index in [9.17, 15) is 10.1 Å². The normalized spacial score (nSPS) is 11.5. The molecule has 2 rings (SSSR count). The average Bonchev–Trinajstić information content (AvgIpc) is 3.16. The molecule has 0 aliphatic carbocycles. The lowest BCUT2D eigenvalue weighted by Gasteiger charge is -2.28. The number of nitrogens with zero attached hydrogens (tertiary/aromatic N) is 2. The van der Waals surface area contributed by atoms with E-state index in [1.54, 1.807) is 6.07 Å². The molecule has 0 saturated carbocycles.